The van der Waals surface area contributed by atoms with Crippen molar-refractivity contribution in [3.8, 4) is 0 Å². The first-order valence-electron chi connectivity index (χ1n) is 8.10. The van der Waals surface area contributed by atoms with Gasteiger partial charge < -0.3 is 10.2 Å². The third-order valence-electron chi connectivity index (χ3n) is 4.07. The van der Waals surface area contributed by atoms with Gasteiger partial charge in [-0.25, -0.2) is 9.97 Å². The molecule has 1 fully saturated rings. The minimum atomic E-state index is 0.0711. The van der Waals surface area contributed by atoms with E-state index in [1.807, 2.05) is 37.3 Å². The number of rotatable bonds is 4. The summed E-state index contributed by atoms with van der Waals surface area (Å²) in [5.41, 5.74) is 1.63. The number of ketones is 1. The lowest BCUT2D eigenvalue weighted by molar-refractivity contribution is 0.101. The zero-order chi connectivity index (χ0) is 16.2. The smallest absolute Gasteiger partial charge is 0.159 e. The Hall–Kier alpha value is -2.43. The van der Waals surface area contributed by atoms with Gasteiger partial charge in [0.1, 0.15) is 17.5 Å². The van der Waals surface area contributed by atoms with E-state index in [4.69, 9.17) is 0 Å². The molecule has 0 saturated carbocycles. The number of hydrogen-bond donors (Lipinski definition) is 1. The average molecular weight is 310 g/mol. The van der Waals surface area contributed by atoms with Crippen molar-refractivity contribution in [1.82, 2.24) is 9.97 Å². The van der Waals surface area contributed by atoms with E-state index < -0.39 is 0 Å². The molecule has 0 bridgehead atoms. The van der Waals surface area contributed by atoms with Crippen LogP contribution in [0.5, 0.6) is 0 Å². The van der Waals surface area contributed by atoms with E-state index in [1.54, 1.807) is 6.92 Å². The van der Waals surface area contributed by atoms with Gasteiger partial charge in [0, 0.05) is 30.4 Å². The highest BCUT2D eigenvalue weighted by Gasteiger charge is 2.14. The van der Waals surface area contributed by atoms with E-state index in [2.05, 4.69) is 20.2 Å². The molecule has 1 saturated heterocycles. The molecule has 1 aromatic carbocycles. The minimum absolute atomic E-state index is 0.0711. The number of benzene rings is 1. The maximum atomic E-state index is 11.3. The first-order chi connectivity index (χ1) is 11.1. The van der Waals surface area contributed by atoms with Crippen LogP contribution in [0.1, 0.15) is 42.4 Å². The lowest BCUT2D eigenvalue weighted by Gasteiger charge is -2.28. The summed E-state index contributed by atoms with van der Waals surface area (Å²) in [5.74, 6) is 2.60. The Bertz CT molecular complexity index is 691. The van der Waals surface area contributed by atoms with Gasteiger partial charge in [-0.05, 0) is 57.4 Å². The van der Waals surface area contributed by atoms with Crippen LogP contribution < -0.4 is 10.2 Å². The van der Waals surface area contributed by atoms with Crippen LogP contribution >= 0.6 is 0 Å². The van der Waals surface area contributed by atoms with Crippen molar-refractivity contribution in [3.63, 3.8) is 0 Å². The lowest BCUT2D eigenvalue weighted by Crippen LogP contribution is -2.30. The number of piperidine rings is 1. The van der Waals surface area contributed by atoms with Gasteiger partial charge in [-0.2, -0.15) is 0 Å². The third kappa shape index (κ3) is 3.86. The first-order valence-corrected chi connectivity index (χ1v) is 8.10. The number of carbonyl (C=O) groups is 1. The number of anilines is 3. The van der Waals surface area contributed by atoms with E-state index in [0.717, 1.165) is 36.2 Å². The van der Waals surface area contributed by atoms with Crippen molar-refractivity contribution >= 4 is 23.1 Å². The van der Waals surface area contributed by atoms with Crippen molar-refractivity contribution in [2.75, 3.05) is 23.3 Å². The molecule has 5 heteroatoms. The summed E-state index contributed by atoms with van der Waals surface area (Å²) >= 11 is 0. The van der Waals surface area contributed by atoms with Crippen LogP contribution in [0.4, 0.5) is 17.3 Å². The summed E-state index contributed by atoms with van der Waals surface area (Å²) in [6.07, 6.45) is 3.74. The van der Waals surface area contributed by atoms with E-state index in [-0.39, 0.29) is 5.78 Å². The summed E-state index contributed by atoms with van der Waals surface area (Å²) in [7, 11) is 0. The number of carbonyl (C=O) groups excluding carboxylic acids is 1. The van der Waals surface area contributed by atoms with Crippen molar-refractivity contribution < 1.29 is 4.79 Å². The van der Waals surface area contributed by atoms with Gasteiger partial charge in [0.25, 0.3) is 0 Å². The summed E-state index contributed by atoms with van der Waals surface area (Å²) in [4.78, 5) is 22.7. The molecule has 120 valence electrons. The Labute approximate surface area is 136 Å². The maximum absolute atomic E-state index is 11.3. The highest BCUT2D eigenvalue weighted by atomic mass is 16.1. The van der Waals surface area contributed by atoms with Crippen molar-refractivity contribution in [2.45, 2.75) is 33.1 Å². The average Bonchev–Trinajstić information content (AvgIpc) is 2.55. The largest absolute Gasteiger partial charge is 0.356 e. The zero-order valence-electron chi connectivity index (χ0n) is 13.7. The summed E-state index contributed by atoms with van der Waals surface area (Å²) < 4.78 is 0. The molecule has 0 spiro atoms. The molecule has 0 amide bonds. The third-order valence-corrected chi connectivity index (χ3v) is 4.07. The summed E-state index contributed by atoms with van der Waals surface area (Å²) in [6, 6.07) is 9.44. The molecular weight excluding hydrogens is 288 g/mol. The van der Waals surface area contributed by atoms with Crippen LogP contribution in [0.15, 0.2) is 30.3 Å². The molecule has 1 aliphatic heterocycles. The number of Topliss-reactive ketones (excluding diaryl/α,β-unsaturated/α-hetero) is 1. The molecule has 0 aliphatic carbocycles. The van der Waals surface area contributed by atoms with Crippen LogP contribution in [0, 0.1) is 6.92 Å². The quantitative estimate of drug-likeness (QED) is 0.872. The van der Waals surface area contributed by atoms with Gasteiger partial charge in [0.05, 0.1) is 0 Å². The Morgan fingerprint density at radius 1 is 1.09 bits per heavy atom. The van der Waals surface area contributed by atoms with Gasteiger partial charge >= 0.3 is 0 Å². The molecule has 0 unspecified atom stereocenters. The molecule has 3 rings (SSSR count). The molecule has 0 atom stereocenters. The Kier molecular flexibility index (Phi) is 4.55. The van der Waals surface area contributed by atoms with Crippen molar-refractivity contribution in [3.05, 3.63) is 41.7 Å². The molecule has 23 heavy (non-hydrogen) atoms. The second kappa shape index (κ2) is 6.77. The molecule has 1 aromatic heterocycles. The fraction of sp³-hybridized carbons (Fsp3) is 0.389. The molecule has 2 aromatic rings. The number of nitrogens with one attached hydrogen (secondary N) is 1. The standard InChI is InChI=1S/C18H22N4O/c1-13(23)15-6-8-16(9-7-15)21-17-12-18(20-14(2)19-17)22-10-4-3-5-11-22/h6-9,12H,3-5,10-11H2,1-2H3,(H,19,20,21). The van der Waals surface area contributed by atoms with E-state index in [0.29, 0.717) is 5.56 Å². The number of aromatic nitrogens is 2. The predicted octanol–water partition coefficient (Wildman–Crippen LogP) is 3.72. The minimum Gasteiger partial charge on any atom is -0.356 e. The normalized spacial score (nSPS) is 14.6. The van der Waals surface area contributed by atoms with Gasteiger partial charge in [0.2, 0.25) is 0 Å². The van der Waals surface area contributed by atoms with Crippen molar-refractivity contribution in [1.29, 1.82) is 0 Å². The molecule has 0 radical (unpaired) electrons. The number of nitrogens with zero attached hydrogens (tertiary/aromatic N) is 3. The first kappa shape index (κ1) is 15.5. The number of hydrogen-bond acceptors (Lipinski definition) is 5. The van der Waals surface area contributed by atoms with Gasteiger partial charge in [-0.15, -0.1) is 0 Å². The molecule has 5 nitrogen and oxygen atoms in total. The van der Waals surface area contributed by atoms with Crippen LogP contribution in [0.25, 0.3) is 0 Å². The monoisotopic (exact) mass is 310 g/mol. The van der Waals surface area contributed by atoms with Crippen LogP contribution in [-0.4, -0.2) is 28.8 Å². The van der Waals surface area contributed by atoms with Gasteiger partial charge in [-0.3, -0.25) is 4.79 Å². The summed E-state index contributed by atoms with van der Waals surface area (Å²) in [5, 5.41) is 3.30. The van der Waals surface area contributed by atoms with E-state index >= 15 is 0 Å². The van der Waals surface area contributed by atoms with Gasteiger partial charge in [0.15, 0.2) is 5.78 Å². The highest BCUT2D eigenvalue weighted by molar-refractivity contribution is 5.94. The molecule has 2 heterocycles. The molecule has 1 N–H and O–H groups in total. The summed E-state index contributed by atoms with van der Waals surface area (Å²) in [6.45, 7) is 5.60. The zero-order valence-corrected chi connectivity index (χ0v) is 13.7. The highest BCUT2D eigenvalue weighted by Crippen LogP contribution is 2.22. The number of aryl methyl sites for hydroxylation is 1. The van der Waals surface area contributed by atoms with Crippen molar-refractivity contribution in [2.24, 2.45) is 0 Å². The fourth-order valence-corrected chi connectivity index (χ4v) is 2.84. The topological polar surface area (TPSA) is 58.1 Å². The van der Waals surface area contributed by atoms with Crippen LogP contribution in [-0.2, 0) is 0 Å². The predicted molar refractivity (Wildman–Crippen MR) is 92.6 cm³/mol. The second-order valence-electron chi connectivity index (χ2n) is 5.96. The SMILES string of the molecule is CC(=O)c1ccc(Nc2cc(N3CCCCC3)nc(C)n2)cc1. The Morgan fingerprint density at radius 3 is 2.43 bits per heavy atom. The van der Waals surface area contributed by atoms with Crippen LogP contribution in [0.3, 0.4) is 0 Å². The van der Waals surface area contributed by atoms with E-state index in [1.165, 1.54) is 19.3 Å². The maximum Gasteiger partial charge on any atom is 0.159 e. The Balaban J connectivity index is 1.79. The van der Waals surface area contributed by atoms with Crippen LogP contribution in [0.2, 0.25) is 0 Å². The van der Waals surface area contributed by atoms with Gasteiger partial charge in [-0.1, -0.05) is 0 Å². The van der Waals surface area contributed by atoms with E-state index in [9.17, 15) is 4.79 Å². The molecule has 1 aliphatic rings. The lowest BCUT2D eigenvalue weighted by atomic mass is 10.1. The molecular formula is C18H22N4O. The Morgan fingerprint density at radius 2 is 1.78 bits per heavy atom. The second-order valence-corrected chi connectivity index (χ2v) is 5.96. The fourth-order valence-electron chi connectivity index (χ4n) is 2.84.